The first kappa shape index (κ1) is 12.7. The fraction of sp³-hybridized carbons (Fsp3) is 0.333. The average Bonchev–Trinajstić information content (AvgIpc) is 2.76. The van der Waals surface area contributed by atoms with Gasteiger partial charge in [-0.05, 0) is 16.7 Å². The molecule has 2 rings (SSSR count). The maximum atomic E-state index is 6.18. The Morgan fingerprint density at radius 2 is 2.06 bits per heavy atom. The summed E-state index contributed by atoms with van der Waals surface area (Å²) in [6, 6.07) is 10.5. The number of hydrogen-bond donors (Lipinski definition) is 0. The predicted octanol–water partition coefficient (Wildman–Crippen LogP) is 5.11. The number of halogens is 1. The standard InChI is InChI=1S/C12H13ClS3/c1-2-14-11-8-15-12(9-13,16-11)10-6-4-3-5-7-10/h3-8H,2,9H2,1H3. The van der Waals surface area contributed by atoms with Gasteiger partial charge in [0.15, 0.2) is 0 Å². The molecule has 16 heavy (non-hydrogen) atoms. The Morgan fingerprint density at radius 3 is 2.69 bits per heavy atom. The van der Waals surface area contributed by atoms with E-state index in [2.05, 4.69) is 36.6 Å². The van der Waals surface area contributed by atoms with E-state index in [1.165, 1.54) is 9.80 Å². The largest absolute Gasteiger partial charge is 0.124 e. The van der Waals surface area contributed by atoms with Crippen LogP contribution in [0.25, 0.3) is 0 Å². The molecule has 0 bridgehead atoms. The summed E-state index contributed by atoms with van der Waals surface area (Å²) in [5.74, 6) is 1.75. The average molecular weight is 289 g/mol. The smallest absolute Gasteiger partial charge is 0.109 e. The van der Waals surface area contributed by atoms with Crippen LogP contribution in [0.15, 0.2) is 40.0 Å². The summed E-state index contributed by atoms with van der Waals surface area (Å²) in [6.45, 7) is 2.18. The highest BCUT2D eigenvalue weighted by atomic mass is 35.5. The molecule has 1 unspecified atom stereocenters. The Labute approximate surface area is 115 Å². The van der Waals surface area contributed by atoms with Gasteiger partial charge in [-0.1, -0.05) is 49.0 Å². The van der Waals surface area contributed by atoms with E-state index >= 15 is 0 Å². The van der Waals surface area contributed by atoms with E-state index in [1.807, 2.05) is 41.4 Å². The van der Waals surface area contributed by atoms with E-state index in [0.29, 0.717) is 5.88 Å². The topological polar surface area (TPSA) is 0 Å². The van der Waals surface area contributed by atoms with Gasteiger partial charge < -0.3 is 0 Å². The van der Waals surface area contributed by atoms with Crippen LogP contribution in [0.3, 0.4) is 0 Å². The van der Waals surface area contributed by atoms with Crippen LogP contribution >= 0.6 is 46.9 Å². The minimum atomic E-state index is -0.0136. The van der Waals surface area contributed by atoms with E-state index in [4.69, 9.17) is 11.6 Å². The zero-order valence-corrected chi connectivity index (χ0v) is 12.2. The summed E-state index contributed by atoms with van der Waals surface area (Å²) in [6.07, 6.45) is 0. The summed E-state index contributed by atoms with van der Waals surface area (Å²) in [5, 5.41) is 2.24. The molecular formula is C12H13ClS3. The van der Waals surface area contributed by atoms with Crippen molar-refractivity contribution in [2.75, 3.05) is 11.6 Å². The van der Waals surface area contributed by atoms with Crippen LogP contribution in [0.5, 0.6) is 0 Å². The molecule has 0 aliphatic carbocycles. The van der Waals surface area contributed by atoms with E-state index in [1.54, 1.807) is 0 Å². The summed E-state index contributed by atoms with van der Waals surface area (Å²) in [7, 11) is 0. The fourth-order valence-corrected chi connectivity index (χ4v) is 6.10. The number of thioether (sulfide) groups is 3. The first-order valence-corrected chi connectivity index (χ1v) is 8.33. The minimum absolute atomic E-state index is 0.0136. The lowest BCUT2D eigenvalue weighted by atomic mass is 10.2. The lowest BCUT2D eigenvalue weighted by molar-refractivity contribution is 1.03. The molecule has 0 nitrogen and oxygen atoms in total. The van der Waals surface area contributed by atoms with Crippen LogP contribution in [0.4, 0.5) is 0 Å². The van der Waals surface area contributed by atoms with E-state index < -0.39 is 0 Å². The first-order chi connectivity index (χ1) is 7.80. The fourth-order valence-electron chi connectivity index (χ4n) is 1.51. The van der Waals surface area contributed by atoms with Gasteiger partial charge in [0.1, 0.15) is 4.08 Å². The molecule has 0 radical (unpaired) electrons. The molecule has 0 amide bonds. The summed E-state index contributed by atoms with van der Waals surface area (Å²) >= 11 is 11.8. The molecule has 0 saturated heterocycles. The third kappa shape index (κ3) is 2.58. The second kappa shape index (κ2) is 5.76. The Bertz CT molecular complexity index is 377. The molecule has 1 aromatic rings. The maximum Gasteiger partial charge on any atom is 0.109 e. The van der Waals surface area contributed by atoms with Crippen molar-refractivity contribution in [2.24, 2.45) is 0 Å². The molecule has 1 aliphatic heterocycles. The van der Waals surface area contributed by atoms with Crippen LogP contribution in [0.1, 0.15) is 12.5 Å². The van der Waals surface area contributed by atoms with Gasteiger partial charge in [0.05, 0.1) is 5.88 Å². The van der Waals surface area contributed by atoms with Crippen molar-refractivity contribution in [2.45, 2.75) is 11.0 Å². The summed E-state index contributed by atoms with van der Waals surface area (Å²) in [4.78, 5) is 0. The molecule has 1 aliphatic rings. The molecule has 0 spiro atoms. The van der Waals surface area contributed by atoms with Crippen LogP contribution in [0.2, 0.25) is 0 Å². The van der Waals surface area contributed by atoms with Gasteiger partial charge in [0.2, 0.25) is 0 Å². The monoisotopic (exact) mass is 288 g/mol. The Hall–Kier alpha value is 0.300. The second-order valence-corrected chi connectivity index (χ2v) is 7.94. The van der Waals surface area contributed by atoms with Crippen LogP contribution in [-0.2, 0) is 4.08 Å². The number of alkyl halides is 1. The second-order valence-electron chi connectivity index (χ2n) is 3.34. The third-order valence-corrected chi connectivity index (χ3v) is 7.28. The first-order valence-electron chi connectivity index (χ1n) is 5.12. The van der Waals surface area contributed by atoms with Crippen molar-refractivity contribution in [3.63, 3.8) is 0 Å². The molecule has 86 valence electrons. The van der Waals surface area contributed by atoms with Gasteiger partial charge in [-0.15, -0.1) is 35.1 Å². The number of rotatable bonds is 4. The Kier molecular flexibility index (Phi) is 4.59. The Morgan fingerprint density at radius 1 is 1.31 bits per heavy atom. The molecule has 1 heterocycles. The normalized spacial score (nSPS) is 24.5. The Balaban J connectivity index is 2.19. The van der Waals surface area contributed by atoms with Crippen molar-refractivity contribution >= 4 is 46.9 Å². The van der Waals surface area contributed by atoms with E-state index in [0.717, 1.165) is 5.75 Å². The molecule has 0 saturated carbocycles. The molecule has 4 heteroatoms. The van der Waals surface area contributed by atoms with Gasteiger partial charge in [0, 0.05) is 4.24 Å². The van der Waals surface area contributed by atoms with E-state index in [9.17, 15) is 0 Å². The highest BCUT2D eigenvalue weighted by Gasteiger charge is 2.37. The van der Waals surface area contributed by atoms with Gasteiger partial charge in [0.25, 0.3) is 0 Å². The van der Waals surface area contributed by atoms with Crippen molar-refractivity contribution in [3.05, 3.63) is 45.5 Å². The van der Waals surface area contributed by atoms with Crippen molar-refractivity contribution < 1.29 is 0 Å². The number of hydrogen-bond acceptors (Lipinski definition) is 3. The minimum Gasteiger partial charge on any atom is -0.124 e. The SMILES string of the molecule is CCSC1=CSC(CCl)(c2ccccc2)S1. The molecular weight excluding hydrogens is 276 g/mol. The van der Waals surface area contributed by atoms with Gasteiger partial charge in [-0.25, -0.2) is 0 Å². The lowest BCUT2D eigenvalue weighted by Crippen LogP contribution is -2.16. The number of benzene rings is 1. The third-order valence-electron chi connectivity index (χ3n) is 2.29. The summed E-state index contributed by atoms with van der Waals surface area (Å²) in [5.41, 5.74) is 1.31. The molecule has 0 fully saturated rings. The van der Waals surface area contributed by atoms with E-state index in [-0.39, 0.29) is 4.08 Å². The van der Waals surface area contributed by atoms with Crippen LogP contribution in [-0.4, -0.2) is 11.6 Å². The molecule has 0 aromatic heterocycles. The van der Waals surface area contributed by atoms with Crippen molar-refractivity contribution in [3.8, 4) is 0 Å². The highest BCUT2D eigenvalue weighted by molar-refractivity contribution is 8.32. The predicted molar refractivity (Wildman–Crippen MR) is 80.2 cm³/mol. The molecule has 0 N–H and O–H groups in total. The van der Waals surface area contributed by atoms with Crippen LogP contribution in [0, 0.1) is 0 Å². The summed E-state index contributed by atoms with van der Waals surface area (Å²) < 4.78 is 1.37. The van der Waals surface area contributed by atoms with Crippen LogP contribution < -0.4 is 0 Å². The van der Waals surface area contributed by atoms with Gasteiger partial charge in [-0.2, -0.15) is 0 Å². The molecule has 1 aromatic carbocycles. The van der Waals surface area contributed by atoms with Gasteiger partial charge >= 0.3 is 0 Å². The maximum absolute atomic E-state index is 6.18. The quantitative estimate of drug-likeness (QED) is 0.707. The van der Waals surface area contributed by atoms with Crippen molar-refractivity contribution in [1.82, 2.24) is 0 Å². The zero-order valence-electron chi connectivity index (χ0n) is 8.98. The highest BCUT2D eigenvalue weighted by Crippen LogP contribution is 2.59. The zero-order chi connectivity index (χ0) is 11.4. The van der Waals surface area contributed by atoms with Crippen molar-refractivity contribution in [1.29, 1.82) is 0 Å². The molecule has 1 atom stereocenters. The lowest BCUT2D eigenvalue weighted by Gasteiger charge is -2.25. The van der Waals surface area contributed by atoms with Gasteiger partial charge in [-0.3, -0.25) is 0 Å².